The second kappa shape index (κ2) is 8.45. The number of amides is 2. The number of nitrogens with one attached hydrogen (secondary N) is 2. The molecule has 1 saturated heterocycles. The lowest BCUT2D eigenvalue weighted by atomic mass is 9.94. The summed E-state index contributed by atoms with van der Waals surface area (Å²) in [4.78, 5) is 23.7. The molecule has 2 fully saturated rings. The first-order chi connectivity index (χ1) is 12.2. The van der Waals surface area contributed by atoms with Crippen LogP contribution < -0.4 is 10.6 Å². The first-order valence-corrected chi connectivity index (χ1v) is 9.09. The van der Waals surface area contributed by atoms with Gasteiger partial charge < -0.3 is 20.1 Å². The first-order valence-electron chi connectivity index (χ1n) is 9.09. The van der Waals surface area contributed by atoms with Crippen LogP contribution in [0.4, 0.5) is 0 Å². The van der Waals surface area contributed by atoms with E-state index in [2.05, 4.69) is 10.6 Å². The van der Waals surface area contributed by atoms with Gasteiger partial charge >= 0.3 is 11.8 Å². The molecule has 1 saturated carbocycles. The van der Waals surface area contributed by atoms with Crippen LogP contribution in [0.25, 0.3) is 0 Å². The molecule has 6 heteroatoms. The van der Waals surface area contributed by atoms with Gasteiger partial charge in [-0.05, 0) is 24.8 Å². The number of rotatable bonds is 5. The van der Waals surface area contributed by atoms with Gasteiger partial charge in [-0.3, -0.25) is 9.59 Å². The molecule has 2 aliphatic rings. The minimum atomic E-state index is -0.624. The summed E-state index contributed by atoms with van der Waals surface area (Å²) in [6.45, 7) is 1.20. The summed E-state index contributed by atoms with van der Waals surface area (Å²) >= 11 is 0. The average Bonchev–Trinajstić information content (AvgIpc) is 3.03. The fraction of sp³-hybridized carbons (Fsp3) is 0.579. The maximum atomic E-state index is 11.9. The van der Waals surface area contributed by atoms with E-state index in [1.165, 1.54) is 6.42 Å². The van der Waals surface area contributed by atoms with Crippen LogP contribution in [0.5, 0.6) is 0 Å². The average molecular weight is 346 g/mol. The van der Waals surface area contributed by atoms with Gasteiger partial charge in [0.05, 0.1) is 6.61 Å². The monoisotopic (exact) mass is 346 g/mol. The van der Waals surface area contributed by atoms with Crippen molar-refractivity contribution < 1.29 is 19.1 Å². The Morgan fingerprint density at radius 2 is 1.76 bits per heavy atom. The molecule has 1 spiro atoms. The number of benzene rings is 1. The van der Waals surface area contributed by atoms with Crippen molar-refractivity contribution in [3.63, 3.8) is 0 Å². The van der Waals surface area contributed by atoms with Crippen molar-refractivity contribution in [2.75, 3.05) is 19.7 Å². The van der Waals surface area contributed by atoms with E-state index in [4.69, 9.17) is 9.47 Å². The molecule has 2 N–H and O–H groups in total. The van der Waals surface area contributed by atoms with Crippen molar-refractivity contribution in [1.82, 2.24) is 10.6 Å². The van der Waals surface area contributed by atoms with Crippen molar-refractivity contribution in [1.29, 1.82) is 0 Å². The van der Waals surface area contributed by atoms with Crippen LogP contribution in [0.2, 0.25) is 0 Å². The molecular formula is C19H26N2O4. The Balaban J connectivity index is 1.34. The van der Waals surface area contributed by atoms with Gasteiger partial charge in [0.2, 0.25) is 0 Å². The molecule has 1 aromatic carbocycles. The highest BCUT2D eigenvalue weighted by Gasteiger charge is 2.42. The summed E-state index contributed by atoms with van der Waals surface area (Å²) in [5.41, 5.74) is 1.12. The van der Waals surface area contributed by atoms with Gasteiger partial charge in [0.1, 0.15) is 6.10 Å². The Morgan fingerprint density at radius 3 is 2.52 bits per heavy atom. The molecule has 1 aliphatic carbocycles. The zero-order valence-electron chi connectivity index (χ0n) is 14.5. The molecule has 1 atom stereocenters. The van der Waals surface area contributed by atoms with E-state index in [9.17, 15) is 9.59 Å². The van der Waals surface area contributed by atoms with Crippen LogP contribution in [0.15, 0.2) is 30.3 Å². The van der Waals surface area contributed by atoms with E-state index < -0.39 is 17.6 Å². The van der Waals surface area contributed by atoms with Crippen molar-refractivity contribution in [2.24, 2.45) is 0 Å². The van der Waals surface area contributed by atoms with E-state index in [-0.39, 0.29) is 6.10 Å². The van der Waals surface area contributed by atoms with Gasteiger partial charge in [-0.1, -0.05) is 36.8 Å². The number of hydrogen-bond donors (Lipinski definition) is 2. The molecule has 0 bridgehead atoms. The van der Waals surface area contributed by atoms with Gasteiger partial charge in [-0.15, -0.1) is 0 Å². The third-order valence-corrected chi connectivity index (χ3v) is 4.77. The number of carbonyl (C=O) groups is 2. The number of ether oxygens (including phenoxy) is 2. The second-order valence-corrected chi connectivity index (χ2v) is 6.72. The Kier molecular flexibility index (Phi) is 6.04. The molecule has 136 valence electrons. The number of hydrogen-bond acceptors (Lipinski definition) is 4. The van der Waals surface area contributed by atoms with Crippen molar-refractivity contribution in [3.05, 3.63) is 35.9 Å². The Morgan fingerprint density at radius 1 is 1.04 bits per heavy atom. The van der Waals surface area contributed by atoms with Crippen LogP contribution in [0.3, 0.4) is 0 Å². The summed E-state index contributed by atoms with van der Waals surface area (Å²) in [5.74, 6) is -1.69. The quantitative estimate of drug-likeness (QED) is 0.793. The van der Waals surface area contributed by atoms with Crippen LogP contribution in [0.1, 0.15) is 37.7 Å². The van der Waals surface area contributed by atoms with Gasteiger partial charge in [-0.2, -0.15) is 0 Å². The van der Waals surface area contributed by atoms with Crippen LogP contribution in [-0.2, 0) is 25.5 Å². The molecule has 1 aromatic rings. The largest absolute Gasteiger partial charge is 0.348 e. The van der Waals surface area contributed by atoms with Crippen LogP contribution in [0, 0.1) is 0 Å². The highest BCUT2D eigenvalue weighted by molar-refractivity contribution is 6.35. The zero-order chi connectivity index (χ0) is 17.5. The summed E-state index contributed by atoms with van der Waals surface area (Å²) in [5, 5.41) is 5.28. The van der Waals surface area contributed by atoms with Gasteiger partial charge in [0.25, 0.3) is 0 Å². The molecule has 25 heavy (non-hydrogen) atoms. The fourth-order valence-corrected chi connectivity index (χ4v) is 3.40. The van der Waals surface area contributed by atoms with E-state index in [1.807, 2.05) is 30.3 Å². The third kappa shape index (κ3) is 5.03. The Labute approximate surface area is 148 Å². The van der Waals surface area contributed by atoms with E-state index in [0.717, 1.165) is 31.2 Å². The van der Waals surface area contributed by atoms with Crippen LogP contribution in [-0.4, -0.2) is 43.4 Å². The molecule has 3 rings (SSSR count). The van der Waals surface area contributed by atoms with Crippen molar-refractivity contribution >= 4 is 11.8 Å². The van der Waals surface area contributed by atoms with E-state index >= 15 is 0 Å². The number of carbonyl (C=O) groups excluding carboxylic acids is 2. The van der Waals surface area contributed by atoms with Crippen LogP contribution >= 0.6 is 0 Å². The third-order valence-electron chi connectivity index (χ3n) is 4.77. The molecule has 0 radical (unpaired) electrons. The van der Waals surface area contributed by atoms with E-state index in [1.54, 1.807) is 0 Å². The molecular weight excluding hydrogens is 320 g/mol. The van der Waals surface area contributed by atoms with E-state index in [0.29, 0.717) is 26.1 Å². The summed E-state index contributed by atoms with van der Waals surface area (Å²) < 4.78 is 11.8. The fourth-order valence-electron chi connectivity index (χ4n) is 3.40. The van der Waals surface area contributed by atoms with Crippen molar-refractivity contribution in [2.45, 2.75) is 50.4 Å². The second-order valence-electron chi connectivity index (χ2n) is 6.72. The Hall–Kier alpha value is -1.92. The first kappa shape index (κ1) is 17.9. The minimum Gasteiger partial charge on any atom is -0.348 e. The molecule has 0 aromatic heterocycles. The Bertz CT molecular complexity index is 584. The topological polar surface area (TPSA) is 76.7 Å². The highest BCUT2D eigenvalue weighted by Crippen LogP contribution is 2.37. The lowest BCUT2D eigenvalue weighted by molar-refractivity contribution is -0.186. The van der Waals surface area contributed by atoms with Crippen molar-refractivity contribution in [3.8, 4) is 0 Å². The lowest BCUT2D eigenvalue weighted by Crippen LogP contribution is -2.44. The standard InChI is InChI=1S/C19H26N2O4/c22-17(20-12-9-15-7-3-1-4-8-15)18(23)21-13-16-14-24-19(25-16)10-5-2-6-11-19/h1,3-4,7-8,16H,2,5-6,9-14H2,(H,20,22)(H,21,23)/t16-/m0/s1. The molecule has 0 unspecified atom stereocenters. The minimum absolute atomic E-state index is 0.181. The normalized spacial score (nSPS) is 21.8. The van der Waals surface area contributed by atoms with Gasteiger partial charge in [0, 0.05) is 25.9 Å². The SMILES string of the molecule is O=C(NCCc1ccccc1)C(=O)NC[C@H]1COC2(CCCCC2)O1. The predicted octanol–water partition coefficient (Wildman–Crippen LogP) is 1.54. The summed E-state index contributed by atoms with van der Waals surface area (Å²) in [7, 11) is 0. The maximum absolute atomic E-state index is 11.9. The van der Waals surface area contributed by atoms with Gasteiger partial charge in [-0.25, -0.2) is 0 Å². The predicted molar refractivity (Wildman–Crippen MR) is 92.8 cm³/mol. The smallest absolute Gasteiger partial charge is 0.309 e. The molecule has 1 heterocycles. The maximum Gasteiger partial charge on any atom is 0.309 e. The summed E-state index contributed by atoms with van der Waals surface area (Å²) in [6.07, 6.45) is 5.79. The molecule has 2 amide bonds. The zero-order valence-corrected chi connectivity index (χ0v) is 14.5. The molecule has 1 aliphatic heterocycles. The lowest BCUT2D eigenvalue weighted by Gasteiger charge is -2.31. The highest BCUT2D eigenvalue weighted by atomic mass is 16.7. The molecule has 6 nitrogen and oxygen atoms in total. The summed E-state index contributed by atoms with van der Waals surface area (Å²) in [6, 6.07) is 9.83. The van der Waals surface area contributed by atoms with Gasteiger partial charge in [0.15, 0.2) is 5.79 Å².